The second-order valence-corrected chi connectivity index (χ2v) is 5.31. The van der Waals surface area contributed by atoms with Crippen LogP contribution in [0.3, 0.4) is 0 Å². The Bertz CT molecular complexity index is 203. The molecule has 2 bridgehead atoms. The normalized spacial score (nSPS) is 34.7. The lowest BCUT2D eigenvalue weighted by molar-refractivity contribution is 0.250. The molecule has 2 atom stereocenters. The Morgan fingerprint density at radius 2 is 2.00 bits per heavy atom. The van der Waals surface area contributed by atoms with Crippen LogP contribution in [0.25, 0.3) is 0 Å². The van der Waals surface area contributed by atoms with Crippen LogP contribution in [0.1, 0.15) is 32.1 Å². The molecule has 1 N–H and O–H groups in total. The standard InChI is InChI=1S/C13H24N2/c1-3-7-15(2)8-6-11-9-12-4-5-13(10-11)14-12/h3,11-14H,1,4-10H2,2H3. The van der Waals surface area contributed by atoms with Crippen molar-refractivity contribution in [3.8, 4) is 0 Å². The predicted molar refractivity (Wildman–Crippen MR) is 65.0 cm³/mol. The summed E-state index contributed by atoms with van der Waals surface area (Å²) in [4.78, 5) is 2.37. The molecule has 86 valence electrons. The molecule has 2 rings (SSSR count). The highest BCUT2D eigenvalue weighted by atomic mass is 15.1. The first-order valence-corrected chi connectivity index (χ1v) is 6.33. The Kier molecular flexibility index (Phi) is 3.81. The lowest BCUT2D eigenvalue weighted by Crippen LogP contribution is -2.38. The summed E-state index contributed by atoms with van der Waals surface area (Å²) in [5, 5.41) is 3.70. The summed E-state index contributed by atoms with van der Waals surface area (Å²) in [6, 6.07) is 1.69. The zero-order chi connectivity index (χ0) is 10.7. The van der Waals surface area contributed by atoms with Gasteiger partial charge in [-0.3, -0.25) is 0 Å². The number of rotatable bonds is 5. The molecule has 0 amide bonds. The lowest BCUT2D eigenvalue weighted by Gasteiger charge is -2.30. The molecule has 0 saturated carbocycles. The number of hydrogen-bond donors (Lipinski definition) is 1. The van der Waals surface area contributed by atoms with E-state index in [1.54, 1.807) is 0 Å². The van der Waals surface area contributed by atoms with Crippen molar-refractivity contribution in [3.63, 3.8) is 0 Å². The number of hydrogen-bond acceptors (Lipinski definition) is 2. The predicted octanol–water partition coefficient (Wildman–Crippen LogP) is 2.02. The van der Waals surface area contributed by atoms with Crippen molar-refractivity contribution < 1.29 is 0 Å². The van der Waals surface area contributed by atoms with Crippen LogP contribution >= 0.6 is 0 Å². The molecule has 15 heavy (non-hydrogen) atoms. The van der Waals surface area contributed by atoms with Gasteiger partial charge < -0.3 is 10.2 Å². The van der Waals surface area contributed by atoms with E-state index in [4.69, 9.17) is 0 Å². The van der Waals surface area contributed by atoms with E-state index < -0.39 is 0 Å². The third kappa shape index (κ3) is 3.05. The van der Waals surface area contributed by atoms with Crippen molar-refractivity contribution in [2.45, 2.75) is 44.2 Å². The molecule has 2 aliphatic rings. The van der Waals surface area contributed by atoms with E-state index in [1.165, 1.54) is 38.6 Å². The molecule has 2 aliphatic heterocycles. The van der Waals surface area contributed by atoms with Crippen LogP contribution in [0.2, 0.25) is 0 Å². The molecule has 2 fully saturated rings. The van der Waals surface area contributed by atoms with Gasteiger partial charge in [-0.2, -0.15) is 0 Å². The average Bonchev–Trinajstić information content (AvgIpc) is 2.56. The van der Waals surface area contributed by atoms with Crippen LogP contribution < -0.4 is 5.32 Å². The highest BCUT2D eigenvalue weighted by Gasteiger charge is 2.32. The topological polar surface area (TPSA) is 15.3 Å². The van der Waals surface area contributed by atoms with Gasteiger partial charge in [-0.05, 0) is 51.6 Å². The third-order valence-electron chi connectivity index (χ3n) is 3.93. The molecule has 0 aromatic carbocycles. The van der Waals surface area contributed by atoms with Gasteiger partial charge in [-0.25, -0.2) is 0 Å². The van der Waals surface area contributed by atoms with Gasteiger partial charge in [-0.15, -0.1) is 6.58 Å². The smallest absolute Gasteiger partial charge is 0.0157 e. The van der Waals surface area contributed by atoms with E-state index in [0.717, 1.165) is 24.5 Å². The number of fused-ring (bicyclic) bond motifs is 2. The fourth-order valence-corrected chi connectivity index (χ4v) is 3.13. The maximum atomic E-state index is 3.78. The van der Waals surface area contributed by atoms with Crippen molar-refractivity contribution in [1.29, 1.82) is 0 Å². The van der Waals surface area contributed by atoms with Crippen molar-refractivity contribution in [2.24, 2.45) is 5.92 Å². The molecule has 0 radical (unpaired) electrons. The molecular weight excluding hydrogens is 184 g/mol. The van der Waals surface area contributed by atoms with Crippen molar-refractivity contribution in [2.75, 3.05) is 20.1 Å². The van der Waals surface area contributed by atoms with Gasteiger partial charge in [0.05, 0.1) is 0 Å². The molecule has 2 saturated heterocycles. The first-order chi connectivity index (χ1) is 7.28. The van der Waals surface area contributed by atoms with Crippen LogP contribution in [-0.2, 0) is 0 Å². The quantitative estimate of drug-likeness (QED) is 0.695. The number of piperidine rings is 1. The molecule has 2 nitrogen and oxygen atoms in total. The summed E-state index contributed by atoms with van der Waals surface area (Å²) in [7, 11) is 2.19. The Labute approximate surface area is 93.7 Å². The van der Waals surface area contributed by atoms with Gasteiger partial charge in [-0.1, -0.05) is 6.08 Å². The first kappa shape index (κ1) is 11.2. The monoisotopic (exact) mass is 208 g/mol. The average molecular weight is 208 g/mol. The fourth-order valence-electron chi connectivity index (χ4n) is 3.13. The number of likely N-dealkylation sites (N-methyl/N-ethyl adjacent to an activating group) is 1. The lowest BCUT2D eigenvalue weighted by atomic mass is 9.89. The molecule has 0 aromatic rings. The van der Waals surface area contributed by atoms with E-state index in [-0.39, 0.29) is 0 Å². The highest BCUT2D eigenvalue weighted by Crippen LogP contribution is 2.32. The Morgan fingerprint density at radius 1 is 1.33 bits per heavy atom. The number of nitrogens with one attached hydrogen (secondary N) is 1. The van der Waals surface area contributed by atoms with Crippen LogP contribution in [0.4, 0.5) is 0 Å². The number of nitrogens with zero attached hydrogens (tertiary/aromatic N) is 1. The molecule has 0 spiro atoms. The van der Waals surface area contributed by atoms with Crippen molar-refractivity contribution in [3.05, 3.63) is 12.7 Å². The van der Waals surface area contributed by atoms with Crippen LogP contribution in [-0.4, -0.2) is 37.1 Å². The van der Waals surface area contributed by atoms with Gasteiger partial charge in [0.15, 0.2) is 0 Å². The highest BCUT2D eigenvalue weighted by molar-refractivity contribution is 4.92. The molecule has 2 heterocycles. The largest absolute Gasteiger partial charge is 0.311 e. The van der Waals surface area contributed by atoms with E-state index in [9.17, 15) is 0 Å². The Balaban J connectivity index is 1.69. The van der Waals surface area contributed by atoms with E-state index in [2.05, 4.69) is 23.8 Å². The summed E-state index contributed by atoms with van der Waals surface area (Å²) in [6.45, 7) is 6.04. The maximum Gasteiger partial charge on any atom is 0.0157 e. The zero-order valence-corrected chi connectivity index (χ0v) is 9.91. The van der Waals surface area contributed by atoms with Crippen LogP contribution in [0, 0.1) is 5.92 Å². The molecule has 0 aliphatic carbocycles. The Hall–Kier alpha value is -0.340. The summed E-state index contributed by atoms with van der Waals surface area (Å²) in [5.74, 6) is 0.969. The van der Waals surface area contributed by atoms with Gasteiger partial charge in [0.2, 0.25) is 0 Å². The van der Waals surface area contributed by atoms with Crippen molar-refractivity contribution >= 4 is 0 Å². The molecule has 2 heteroatoms. The van der Waals surface area contributed by atoms with Crippen LogP contribution in [0.5, 0.6) is 0 Å². The van der Waals surface area contributed by atoms with Gasteiger partial charge >= 0.3 is 0 Å². The maximum absolute atomic E-state index is 3.78. The van der Waals surface area contributed by atoms with Gasteiger partial charge in [0.1, 0.15) is 0 Å². The summed E-state index contributed by atoms with van der Waals surface area (Å²) >= 11 is 0. The summed E-state index contributed by atoms with van der Waals surface area (Å²) in [6.07, 6.45) is 9.04. The van der Waals surface area contributed by atoms with E-state index in [1.807, 2.05) is 6.08 Å². The van der Waals surface area contributed by atoms with Crippen LogP contribution in [0.15, 0.2) is 12.7 Å². The second kappa shape index (κ2) is 5.13. The zero-order valence-electron chi connectivity index (χ0n) is 9.91. The second-order valence-electron chi connectivity index (χ2n) is 5.31. The minimum absolute atomic E-state index is 0.846. The van der Waals surface area contributed by atoms with E-state index in [0.29, 0.717) is 0 Å². The minimum Gasteiger partial charge on any atom is -0.311 e. The first-order valence-electron chi connectivity index (χ1n) is 6.33. The third-order valence-corrected chi connectivity index (χ3v) is 3.93. The minimum atomic E-state index is 0.846. The molecule has 0 aromatic heterocycles. The SMILES string of the molecule is C=CCN(C)CCC1CC2CCC(C1)N2. The Morgan fingerprint density at radius 3 is 2.60 bits per heavy atom. The van der Waals surface area contributed by atoms with Gasteiger partial charge in [0.25, 0.3) is 0 Å². The summed E-state index contributed by atoms with van der Waals surface area (Å²) in [5.41, 5.74) is 0. The summed E-state index contributed by atoms with van der Waals surface area (Å²) < 4.78 is 0. The van der Waals surface area contributed by atoms with E-state index >= 15 is 0 Å². The molecular formula is C13H24N2. The fraction of sp³-hybridized carbons (Fsp3) is 0.846. The van der Waals surface area contributed by atoms with Gasteiger partial charge in [0, 0.05) is 18.6 Å². The molecule has 2 unspecified atom stereocenters. The van der Waals surface area contributed by atoms with Crippen molar-refractivity contribution in [1.82, 2.24) is 10.2 Å².